The van der Waals surface area contributed by atoms with E-state index in [2.05, 4.69) is 25.5 Å². The maximum absolute atomic E-state index is 12.5. The van der Waals surface area contributed by atoms with E-state index in [0.717, 1.165) is 22.6 Å². The fraction of sp³-hybridized carbons (Fsp3) is 0.412. The summed E-state index contributed by atoms with van der Waals surface area (Å²) < 4.78 is 7.59. The standard InChI is InChI=1S/C17H20N6O2/c1-9-4-5-23-8-12(20-17(23)19-9)7-18-16(24)15-13-6-10(2)25-11(3)14(13)21-22-15/h4-5,8,10-11H,6-7H2,1-3H3,(H,18,24)(H,21,22)/t10-,11+/m1/s1. The van der Waals surface area contributed by atoms with Crippen LogP contribution in [-0.2, 0) is 17.7 Å². The third-order valence-electron chi connectivity index (χ3n) is 4.39. The molecule has 8 heteroatoms. The second-order valence-electron chi connectivity index (χ2n) is 6.45. The Bertz CT molecular complexity index is 944. The minimum atomic E-state index is -0.208. The van der Waals surface area contributed by atoms with Crippen molar-refractivity contribution < 1.29 is 9.53 Å². The fourth-order valence-corrected chi connectivity index (χ4v) is 3.21. The number of ether oxygens (including phenoxy) is 1. The van der Waals surface area contributed by atoms with Crippen LogP contribution in [0.3, 0.4) is 0 Å². The van der Waals surface area contributed by atoms with Crippen LogP contribution >= 0.6 is 0 Å². The molecule has 130 valence electrons. The zero-order valence-corrected chi connectivity index (χ0v) is 14.4. The Labute approximate surface area is 144 Å². The number of nitrogens with zero attached hydrogens (tertiary/aromatic N) is 4. The summed E-state index contributed by atoms with van der Waals surface area (Å²) in [6, 6.07) is 1.91. The minimum Gasteiger partial charge on any atom is -0.369 e. The lowest BCUT2D eigenvalue weighted by Gasteiger charge is -2.25. The van der Waals surface area contributed by atoms with Crippen molar-refractivity contribution in [3.63, 3.8) is 0 Å². The maximum atomic E-state index is 12.5. The summed E-state index contributed by atoms with van der Waals surface area (Å²) >= 11 is 0. The number of hydrogen-bond donors (Lipinski definition) is 2. The number of imidazole rings is 1. The summed E-state index contributed by atoms with van der Waals surface area (Å²) in [5, 5.41) is 10.0. The monoisotopic (exact) mass is 340 g/mol. The average molecular weight is 340 g/mol. The summed E-state index contributed by atoms with van der Waals surface area (Å²) in [6.45, 7) is 6.20. The number of carbonyl (C=O) groups is 1. The minimum absolute atomic E-state index is 0.0689. The van der Waals surface area contributed by atoms with Crippen LogP contribution in [0.1, 0.15) is 53.1 Å². The molecule has 0 bridgehead atoms. The summed E-state index contributed by atoms with van der Waals surface area (Å²) in [5.74, 6) is 0.418. The molecule has 1 amide bonds. The van der Waals surface area contributed by atoms with Crippen LogP contribution in [0.2, 0.25) is 0 Å². The van der Waals surface area contributed by atoms with E-state index in [0.29, 0.717) is 24.4 Å². The number of carbonyl (C=O) groups excluding carboxylic acids is 1. The molecule has 4 rings (SSSR count). The van der Waals surface area contributed by atoms with E-state index in [-0.39, 0.29) is 18.1 Å². The number of aryl methyl sites for hydroxylation is 1. The van der Waals surface area contributed by atoms with E-state index in [9.17, 15) is 4.79 Å². The number of amides is 1. The van der Waals surface area contributed by atoms with Crippen LogP contribution in [0.5, 0.6) is 0 Å². The van der Waals surface area contributed by atoms with Crippen LogP contribution in [0.4, 0.5) is 0 Å². The van der Waals surface area contributed by atoms with Crippen molar-refractivity contribution >= 4 is 11.7 Å². The van der Waals surface area contributed by atoms with Crippen molar-refractivity contribution in [1.82, 2.24) is 29.9 Å². The smallest absolute Gasteiger partial charge is 0.272 e. The van der Waals surface area contributed by atoms with Gasteiger partial charge >= 0.3 is 0 Å². The summed E-state index contributed by atoms with van der Waals surface area (Å²) in [4.78, 5) is 21.3. The van der Waals surface area contributed by atoms with Gasteiger partial charge in [-0.3, -0.25) is 14.3 Å². The van der Waals surface area contributed by atoms with E-state index < -0.39 is 0 Å². The van der Waals surface area contributed by atoms with Gasteiger partial charge in [-0.15, -0.1) is 0 Å². The molecule has 1 aliphatic heterocycles. The molecule has 3 aromatic rings. The maximum Gasteiger partial charge on any atom is 0.272 e. The lowest BCUT2D eigenvalue weighted by molar-refractivity contribution is -0.00697. The molecule has 3 aromatic heterocycles. The number of aromatic nitrogens is 5. The molecule has 0 spiro atoms. The van der Waals surface area contributed by atoms with Crippen molar-refractivity contribution in [2.75, 3.05) is 0 Å². The first-order chi connectivity index (χ1) is 12.0. The van der Waals surface area contributed by atoms with Gasteiger partial charge in [0.05, 0.1) is 30.1 Å². The molecule has 0 fully saturated rings. The van der Waals surface area contributed by atoms with E-state index in [1.807, 2.05) is 43.6 Å². The van der Waals surface area contributed by atoms with Crippen LogP contribution in [-0.4, -0.2) is 36.6 Å². The topological polar surface area (TPSA) is 97.2 Å². The van der Waals surface area contributed by atoms with Gasteiger partial charge < -0.3 is 10.1 Å². The molecule has 0 radical (unpaired) electrons. The molecule has 0 saturated heterocycles. The van der Waals surface area contributed by atoms with E-state index in [1.54, 1.807) is 0 Å². The second-order valence-corrected chi connectivity index (χ2v) is 6.45. The highest BCUT2D eigenvalue weighted by atomic mass is 16.5. The quantitative estimate of drug-likeness (QED) is 0.756. The normalized spacial score (nSPS) is 19.8. The molecule has 0 aromatic carbocycles. The van der Waals surface area contributed by atoms with Crippen LogP contribution in [0, 0.1) is 6.92 Å². The molecule has 0 saturated carbocycles. The highest BCUT2D eigenvalue weighted by Gasteiger charge is 2.29. The van der Waals surface area contributed by atoms with Gasteiger partial charge in [0.25, 0.3) is 5.91 Å². The van der Waals surface area contributed by atoms with Crippen molar-refractivity contribution in [3.05, 3.63) is 46.8 Å². The molecule has 25 heavy (non-hydrogen) atoms. The van der Waals surface area contributed by atoms with Crippen LogP contribution in [0.15, 0.2) is 18.5 Å². The molecule has 0 aliphatic carbocycles. The first kappa shape index (κ1) is 15.8. The summed E-state index contributed by atoms with van der Waals surface area (Å²) in [7, 11) is 0. The highest BCUT2D eigenvalue weighted by molar-refractivity contribution is 5.94. The Hall–Kier alpha value is -2.74. The fourth-order valence-electron chi connectivity index (χ4n) is 3.21. The van der Waals surface area contributed by atoms with Gasteiger partial charge in [-0.25, -0.2) is 9.97 Å². The Morgan fingerprint density at radius 1 is 1.44 bits per heavy atom. The predicted molar refractivity (Wildman–Crippen MR) is 90.1 cm³/mol. The van der Waals surface area contributed by atoms with Crippen LogP contribution in [0.25, 0.3) is 5.78 Å². The third-order valence-corrected chi connectivity index (χ3v) is 4.39. The lowest BCUT2D eigenvalue weighted by atomic mass is 9.99. The zero-order valence-electron chi connectivity index (χ0n) is 14.4. The van der Waals surface area contributed by atoms with Crippen molar-refractivity contribution in [2.24, 2.45) is 0 Å². The molecule has 1 aliphatic rings. The molecule has 2 N–H and O–H groups in total. The molecule has 4 heterocycles. The van der Waals surface area contributed by atoms with Crippen LogP contribution < -0.4 is 5.32 Å². The summed E-state index contributed by atoms with van der Waals surface area (Å²) in [6.07, 6.45) is 4.43. The summed E-state index contributed by atoms with van der Waals surface area (Å²) in [5.41, 5.74) is 3.92. The van der Waals surface area contributed by atoms with Gasteiger partial charge in [-0.1, -0.05) is 0 Å². The molecule has 8 nitrogen and oxygen atoms in total. The molecule has 0 unspecified atom stereocenters. The third kappa shape index (κ3) is 2.89. The number of fused-ring (bicyclic) bond motifs is 2. The van der Waals surface area contributed by atoms with E-state index in [1.165, 1.54) is 0 Å². The number of aromatic amines is 1. The zero-order chi connectivity index (χ0) is 17.6. The molecular weight excluding hydrogens is 320 g/mol. The number of hydrogen-bond acceptors (Lipinski definition) is 5. The number of nitrogens with one attached hydrogen (secondary N) is 2. The number of rotatable bonds is 3. The highest BCUT2D eigenvalue weighted by Crippen LogP contribution is 2.30. The molecular formula is C17H20N6O2. The number of H-pyrrole nitrogens is 1. The lowest BCUT2D eigenvalue weighted by Crippen LogP contribution is -2.27. The molecule has 2 atom stereocenters. The Kier molecular flexibility index (Phi) is 3.76. The Morgan fingerprint density at radius 2 is 2.28 bits per heavy atom. The first-order valence-electron chi connectivity index (χ1n) is 8.33. The second kappa shape index (κ2) is 5.96. The van der Waals surface area contributed by atoms with Gasteiger partial charge in [0.1, 0.15) is 0 Å². The van der Waals surface area contributed by atoms with Gasteiger partial charge in [0, 0.05) is 30.1 Å². The first-order valence-corrected chi connectivity index (χ1v) is 8.33. The Balaban J connectivity index is 1.50. The van der Waals surface area contributed by atoms with E-state index in [4.69, 9.17) is 4.74 Å². The van der Waals surface area contributed by atoms with Gasteiger partial charge in [0.2, 0.25) is 5.78 Å². The Morgan fingerprint density at radius 3 is 3.12 bits per heavy atom. The van der Waals surface area contributed by atoms with Gasteiger partial charge in [0.15, 0.2) is 5.69 Å². The van der Waals surface area contributed by atoms with Crippen molar-refractivity contribution in [2.45, 2.75) is 45.9 Å². The van der Waals surface area contributed by atoms with Gasteiger partial charge in [-0.2, -0.15) is 5.10 Å². The predicted octanol–water partition coefficient (Wildman–Crippen LogP) is 1.71. The SMILES string of the molecule is Cc1ccn2cc(CNC(=O)c3n[nH]c4c3C[C@@H](C)O[C@H]4C)nc2n1. The average Bonchev–Trinajstić information content (AvgIpc) is 3.15. The van der Waals surface area contributed by atoms with Gasteiger partial charge in [-0.05, 0) is 26.8 Å². The van der Waals surface area contributed by atoms with Crippen molar-refractivity contribution in [1.29, 1.82) is 0 Å². The largest absolute Gasteiger partial charge is 0.369 e. The van der Waals surface area contributed by atoms with Crippen molar-refractivity contribution in [3.8, 4) is 0 Å². The van der Waals surface area contributed by atoms with E-state index >= 15 is 0 Å².